The van der Waals surface area contributed by atoms with Crippen molar-refractivity contribution in [2.75, 3.05) is 13.2 Å². The van der Waals surface area contributed by atoms with Crippen molar-refractivity contribution in [3.8, 4) is 0 Å². The molecule has 0 amide bonds. The highest BCUT2D eigenvalue weighted by Gasteiger charge is 2.58. The van der Waals surface area contributed by atoms with Gasteiger partial charge < -0.3 is 9.84 Å². The summed E-state index contributed by atoms with van der Waals surface area (Å²) in [5, 5.41) is 9.85. The number of carbonyl (C=O) groups excluding carboxylic acids is 1. The number of benzene rings is 1. The van der Waals surface area contributed by atoms with Crippen LogP contribution in [0.3, 0.4) is 0 Å². The van der Waals surface area contributed by atoms with Gasteiger partial charge in [0, 0.05) is 11.8 Å². The first-order valence-corrected chi connectivity index (χ1v) is 6.62. The Morgan fingerprint density at radius 2 is 2.06 bits per heavy atom. The summed E-state index contributed by atoms with van der Waals surface area (Å²) in [5.74, 6) is 0.0648. The Labute approximate surface area is 107 Å². The van der Waals surface area contributed by atoms with E-state index in [1.165, 1.54) is 0 Å². The second kappa shape index (κ2) is 4.39. The van der Waals surface area contributed by atoms with Gasteiger partial charge in [0.15, 0.2) is 0 Å². The molecule has 0 radical (unpaired) electrons. The molecule has 0 bridgehead atoms. The SMILES string of the molecule is O=C1OC[C@H]2CCC[C@H](c3ccccc3)[C@]12CO. The van der Waals surface area contributed by atoms with Crippen LogP contribution in [0.1, 0.15) is 30.7 Å². The molecule has 3 heteroatoms. The van der Waals surface area contributed by atoms with Crippen molar-refractivity contribution in [3.05, 3.63) is 35.9 Å². The van der Waals surface area contributed by atoms with Crippen molar-refractivity contribution in [2.45, 2.75) is 25.2 Å². The summed E-state index contributed by atoms with van der Waals surface area (Å²) in [7, 11) is 0. The second-order valence-electron chi connectivity index (χ2n) is 5.39. The van der Waals surface area contributed by atoms with E-state index in [2.05, 4.69) is 12.1 Å². The molecule has 1 aromatic carbocycles. The molecule has 0 spiro atoms. The summed E-state index contributed by atoms with van der Waals surface area (Å²) in [6, 6.07) is 10.1. The first-order valence-electron chi connectivity index (χ1n) is 6.62. The summed E-state index contributed by atoms with van der Waals surface area (Å²) in [5.41, 5.74) is 0.453. The lowest BCUT2D eigenvalue weighted by atomic mass is 9.60. The van der Waals surface area contributed by atoms with Gasteiger partial charge in [-0.25, -0.2) is 0 Å². The largest absolute Gasteiger partial charge is 0.465 e. The molecule has 0 aromatic heterocycles. The van der Waals surface area contributed by atoms with Crippen molar-refractivity contribution in [1.29, 1.82) is 0 Å². The zero-order valence-electron chi connectivity index (χ0n) is 10.3. The van der Waals surface area contributed by atoms with Crippen LogP contribution in [0.15, 0.2) is 30.3 Å². The Morgan fingerprint density at radius 3 is 2.78 bits per heavy atom. The van der Waals surface area contributed by atoms with Crippen LogP contribution in [0.2, 0.25) is 0 Å². The lowest BCUT2D eigenvalue weighted by Gasteiger charge is -2.41. The van der Waals surface area contributed by atoms with Crippen LogP contribution in [-0.2, 0) is 9.53 Å². The normalized spacial score (nSPS) is 35.1. The molecule has 1 N–H and O–H groups in total. The molecule has 3 rings (SSSR count). The number of fused-ring (bicyclic) bond motifs is 1. The highest BCUT2D eigenvalue weighted by Crippen LogP contribution is 2.54. The molecule has 3 atom stereocenters. The number of rotatable bonds is 2. The maximum atomic E-state index is 12.2. The number of hydrogen-bond acceptors (Lipinski definition) is 3. The zero-order chi connectivity index (χ0) is 12.6. The quantitative estimate of drug-likeness (QED) is 0.813. The van der Waals surface area contributed by atoms with Gasteiger partial charge in [0.25, 0.3) is 0 Å². The van der Waals surface area contributed by atoms with Gasteiger partial charge in [0.05, 0.1) is 13.2 Å². The molecule has 1 aliphatic heterocycles. The van der Waals surface area contributed by atoms with E-state index in [9.17, 15) is 9.90 Å². The van der Waals surface area contributed by atoms with Gasteiger partial charge >= 0.3 is 5.97 Å². The third-order valence-electron chi connectivity index (χ3n) is 4.65. The van der Waals surface area contributed by atoms with Gasteiger partial charge in [-0.05, 0) is 18.4 Å². The molecule has 18 heavy (non-hydrogen) atoms. The first kappa shape index (κ1) is 11.7. The lowest BCUT2D eigenvalue weighted by Crippen LogP contribution is -2.45. The van der Waals surface area contributed by atoms with Crippen LogP contribution in [0.25, 0.3) is 0 Å². The van der Waals surface area contributed by atoms with Gasteiger partial charge in [-0.15, -0.1) is 0 Å². The maximum Gasteiger partial charge on any atom is 0.315 e. The standard InChI is InChI=1S/C15H18O3/c16-10-15-12(9-18-14(15)17)7-4-8-13(15)11-5-2-1-3-6-11/h1-3,5-6,12-13,16H,4,7-10H2/t12-,13-,15-/m1/s1. The summed E-state index contributed by atoms with van der Waals surface area (Å²) in [6.07, 6.45) is 3.04. The molecule has 0 unspecified atom stereocenters. The molecular formula is C15H18O3. The average molecular weight is 246 g/mol. The highest BCUT2D eigenvalue weighted by atomic mass is 16.5. The molecule has 2 fully saturated rings. The molecule has 96 valence electrons. The van der Waals surface area contributed by atoms with Crippen LogP contribution in [0.4, 0.5) is 0 Å². The van der Waals surface area contributed by atoms with E-state index >= 15 is 0 Å². The van der Waals surface area contributed by atoms with Crippen LogP contribution < -0.4 is 0 Å². The average Bonchev–Trinajstić information content (AvgIpc) is 2.77. The minimum absolute atomic E-state index is 0.0949. The van der Waals surface area contributed by atoms with Crippen molar-refractivity contribution in [2.24, 2.45) is 11.3 Å². The van der Waals surface area contributed by atoms with Crippen LogP contribution in [0.5, 0.6) is 0 Å². The van der Waals surface area contributed by atoms with E-state index in [1.54, 1.807) is 0 Å². The predicted octanol–water partition coefficient (Wildman–Crippen LogP) is 2.11. The Hall–Kier alpha value is -1.35. The van der Waals surface area contributed by atoms with Crippen LogP contribution in [-0.4, -0.2) is 24.3 Å². The molecule has 3 nitrogen and oxygen atoms in total. The summed E-state index contributed by atoms with van der Waals surface area (Å²) in [6.45, 7) is 0.374. The first-order chi connectivity index (χ1) is 8.79. The van der Waals surface area contributed by atoms with Crippen molar-refractivity contribution < 1.29 is 14.6 Å². The summed E-state index contributed by atoms with van der Waals surface area (Å²) >= 11 is 0. The van der Waals surface area contributed by atoms with Crippen molar-refractivity contribution in [3.63, 3.8) is 0 Å². The molecule has 1 saturated carbocycles. The van der Waals surface area contributed by atoms with Crippen LogP contribution in [0, 0.1) is 11.3 Å². The van der Waals surface area contributed by atoms with Crippen molar-refractivity contribution in [1.82, 2.24) is 0 Å². The van der Waals surface area contributed by atoms with Gasteiger partial charge in [-0.3, -0.25) is 4.79 Å². The number of aliphatic hydroxyl groups excluding tert-OH is 1. The van der Waals surface area contributed by atoms with E-state index in [-0.39, 0.29) is 24.4 Å². The fourth-order valence-electron chi connectivity index (χ4n) is 3.67. The third kappa shape index (κ3) is 1.50. The monoisotopic (exact) mass is 246 g/mol. The zero-order valence-corrected chi connectivity index (χ0v) is 10.3. The number of esters is 1. The van der Waals surface area contributed by atoms with E-state index in [1.807, 2.05) is 18.2 Å². The lowest BCUT2D eigenvalue weighted by molar-refractivity contribution is -0.151. The maximum absolute atomic E-state index is 12.2. The topological polar surface area (TPSA) is 46.5 Å². The Morgan fingerprint density at radius 1 is 1.28 bits per heavy atom. The van der Waals surface area contributed by atoms with E-state index in [0.29, 0.717) is 6.61 Å². The second-order valence-corrected chi connectivity index (χ2v) is 5.39. The summed E-state index contributed by atoms with van der Waals surface area (Å²) < 4.78 is 5.25. The van der Waals surface area contributed by atoms with Gasteiger partial charge in [-0.1, -0.05) is 36.8 Å². The number of cyclic esters (lactones) is 1. The molecule has 2 aliphatic rings. The molecule has 1 aliphatic carbocycles. The fraction of sp³-hybridized carbons (Fsp3) is 0.533. The number of aliphatic hydroxyl groups is 1. The van der Waals surface area contributed by atoms with Gasteiger partial charge in [-0.2, -0.15) is 0 Å². The molecule has 1 aromatic rings. The van der Waals surface area contributed by atoms with E-state index < -0.39 is 5.41 Å². The molecule has 1 saturated heterocycles. The molecular weight excluding hydrogens is 228 g/mol. The highest BCUT2D eigenvalue weighted by molar-refractivity contribution is 5.81. The Bertz CT molecular complexity index is 442. The summed E-state index contributed by atoms with van der Waals surface area (Å²) in [4.78, 5) is 12.2. The van der Waals surface area contributed by atoms with Crippen LogP contribution >= 0.6 is 0 Å². The van der Waals surface area contributed by atoms with E-state index in [0.717, 1.165) is 24.8 Å². The van der Waals surface area contributed by atoms with Gasteiger partial charge in [0.2, 0.25) is 0 Å². The number of hydrogen-bond donors (Lipinski definition) is 1. The molecule has 1 heterocycles. The third-order valence-corrected chi connectivity index (χ3v) is 4.65. The van der Waals surface area contributed by atoms with Gasteiger partial charge in [0.1, 0.15) is 5.41 Å². The number of ether oxygens (including phenoxy) is 1. The Balaban J connectivity index is 2.04. The number of carbonyl (C=O) groups is 1. The smallest absolute Gasteiger partial charge is 0.315 e. The van der Waals surface area contributed by atoms with E-state index in [4.69, 9.17) is 4.74 Å². The minimum atomic E-state index is -0.695. The minimum Gasteiger partial charge on any atom is -0.465 e. The Kier molecular flexibility index (Phi) is 2.86. The fourth-order valence-corrected chi connectivity index (χ4v) is 3.67. The van der Waals surface area contributed by atoms with Crippen molar-refractivity contribution >= 4 is 5.97 Å². The predicted molar refractivity (Wildman–Crippen MR) is 67.0 cm³/mol.